The molecule has 140 valence electrons. The van der Waals surface area contributed by atoms with E-state index in [9.17, 15) is 13.2 Å². The molecule has 0 saturated heterocycles. The van der Waals surface area contributed by atoms with Crippen LogP contribution < -0.4 is 10.0 Å². The zero-order valence-electron chi connectivity index (χ0n) is 14.3. The van der Waals surface area contributed by atoms with E-state index in [4.69, 9.17) is 16.1 Å². The van der Waals surface area contributed by atoms with Crippen molar-refractivity contribution in [3.63, 3.8) is 0 Å². The standard InChI is InChI=1S/C18H16ClN3O4S/c1-12-8-16(26-21-12)11-20-18(23)13-4-2-7-17(9-13)27(24,25)22-15-6-3-5-14(19)10-15/h2-10,22H,11H2,1H3,(H,20,23). The average Bonchev–Trinajstić information content (AvgIpc) is 3.05. The van der Waals surface area contributed by atoms with Crippen molar-refractivity contribution < 1.29 is 17.7 Å². The fraction of sp³-hybridized carbons (Fsp3) is 0.111. The van der Waals surface area contributed by atoms with Gasteiger partial charge >= 0.3 is 0 Å². The predicted molar refractivity (Wildman–Crippen MR) is 101 cm³/mol. The van der Waals surface area contributed by atoms with Crippen LogP contribution in [0.4, 0.5) is 5.69 Å². The Balaban J connectivity index is 1.74. The molecule has 0 fully saturated rings. The summed E-state index contributed by atoms with van der Waals surface area (Å²) in [6.07, 6.45) is 0. The summed E-state index contributed by atoms with van der Waals surface area (Å²) >= 11 is 5.87. The summed E-state index contributed by atoms with van der Waals surface area (Å²) in [4.78, 5) is 12.3. The van der Waals surface area contributed by atoms with E-state index in [-0.39, 0.29) is 17.0 Å². The molecule has 7 nitrogen and oxygen atoms in total. The van der Waals surface area contributed by atoms with Crippen LogP contribution in [0.15, 0.2) is 64.0 Å². The molecule has 0 aliphatic rings. The Kier molecular flexibility index (Phi) is 5.48. The van der Waals surface area contributed by atoms with E-state index >= 15 is 0 Å². The molecular weight excluding hydrogens is 390 g/mol. The molecule has 0 spiro atoms. The highest BCUT2D eigenvalue weighted by atomic mass is 35.5. The number of nitrogens with zero attached hydrogens (tertiary/aromatic N) is 1. The van der Waals surface area contributed by atoms with Gasteiger partial charge in [0.15, 0.2) is 5.76 Å². The number of carbonyl (C=O) groups is 1. The van der Waals surface area contributed by atoms with Gasteiger partial charge in [-0.1, -0.05) is 28.9 Å². The largest absolute Gasteiger partial charge is 0.359 e. The Morgan fingerprint density at radius 3 is 2.63 bits per heavy atom. The average molecular weight is 406 g/mol. The second-order valence-corrected chi connectivity index (χ2v) is 7.88. The Bertz CT molecular complexity index is 1080. The van der Waals surface area contributed by atoms with E-state index in [2.05, 4.69) is 15.2 Å². The molecule has 2 N–H and O–H groups in total. The Morgan fingerprint density at radius 1 is 1.15 bits per heavy atom. The van der Waals surface area contributed by atoms with E-state index in [1.165, 1.54) is 30.3 Å². The lowest BCUT2D eigenvalue weighted by Gasteiger charge is -2.10. The topological polar surface area (TPSA) is 101 Å². The molecule has 0 aliphatic heterocycles. The highest BCUT2D eigenvalue weighted by Gasteiger charge is 2.17. The summed E-state index contributed by atoms with van der Waals surface area (Å²) in [6, 6.07) is 13.8. The van der Waals surface area contributed by atoms with Gasteiger partial charge in [-0.25, -0.2) is 8.42 Å². The number of sulfonamides is 1. The van der Waals surface area contributed by atoms with Gasteiger partial charge in [0.25, 0.3) is 15.9 Å². The van der Waals surface area contributed by atoms with Crippen molar-refractivity contribution in [3.8, 4) is 0 Å². The van der Waals surface area contributed by atoms with Gasteiger partial charge in [0, 0.05) is 16.7 Å². The van der Waals surface area contributed by atoms with E-state index in [0.717, 1.165) is 0 Å². The van der Waals surface area contributed by atoms with E-state index in [0.29, 0.717) is 22.2 Å². The molecule has 9 heteroatoms. The number of aromatic nitrogens is 1. The van der Waals surface area contributed by atoms with Crippen molar-refractivity contribution in [2.45, 2.75) is 18.4 Å². The Hall–Kier alpha value is -2.84. The second-order valence-electron chi connectivity index (χ2n) is 5.76. The van der Waals surface area contributed by atoms with Crippen LogP contribution >= 0.6 is 11.6 Å². The number of hydrogen-bond acceptors (Lipinski definition) is 5. The first-order valence-corrected chi connectivity index (χ1v) is 9.78. The van der Waals surface area contributed by atoms with Gasteiger partial charge in [0.05, 0.1) is 22.8 Å². The van der Waals surface area contributed by atoms with Gasteiger partial charge in [0.1, 0.15) is 0 Å². The van der Waals surface area contributed by atoms with E-state index < -0.39 is 15.9 Å². The monoisotopic (exact) mass is 405 g/mol. The molecule has 1 amide bonds. The third-order valence-corrected chi connectivity index (χ3v) is 5.20. The van der Waals surface area contributed by atoms with Gasteiger partial charge < -0.3 is 9.84 Å². The maximum Gasteiger partial charge on any atom is 0.261 e. The normalized spacial score (nSPS) is 11.2. The van der Waals surface area contributed by atoms with Crippen molar-refractivity contribution in [2.24, 2.45) is 0 Å². The molecule has 0 unspecified atom stereocenters. The van der Waals surface area contributed by atoms with Gasteiger partial charge in [-0.05, 0) is 43.3 Å². The number of nitrogens with one attached hydrogen (secondary N) is 2. The van der Waals surface area contributed by atoms with E-state index in [1.807, 2.05) is 0 Å². The van der Waals surface area contributed by atoms with Gasteiger partial charge in [-0.15, -0.1) is 0 Å². The quantitative estimate of drug-likeness (QED) is 0.654. The Morgan fingerprint density at radius 2 is 1.93 bits per heavy atom. The van der Waals surface area contributed by atoms with Crippen LogP contribution in [0, 0.1) is 6.92 Å². The minimum atomic E-state index is -3.87. The second kappa shape index (κ2) is 7.81. The number of anilines is 1. The van der Waals surface area contributed by atoms with Gasteiger partial charge in [-0.2, -0.15) is 0 Å². The molecule has 0 saturated carbocycles. The lowest BCUT2D eigenvalue weighted by atomic mass is 10.2. The molecule has 1 aromatic heterocycles. The molecule has 2 aromatic carbocycles. The summed E-state index contributed by atoms with van der Waals surface area (Å²) in [7, 11) is -3.87. The SMILES string of the molecule is Cc1cc(CNC(=O)c2cccc(S(=O)(=O)Nc3cccc(Cl)c3)c2)on1. The van der Waals surface area contributed by atoms with Crippen LogP contribution in [0.25, 0.3) is 0 Å². The minimum Gasteiger partial charge on any atom is -0.359 e. The number of aryl methyl sites for hydroxylation is 1. The Labute approximate surface area is 161 Å². The van der Waals surface area contributed by atoms with Crippen LogP contribution in [0.1, 0.15) is 21.8 Å². The van der Waals surface area contributed by atoms with Crippen molar-refractivity contribution in [1.82, 2.24) is 10.5 Å². The van der Waals surface area contributed by atoms with Crippen LogP contribution in [0.5, 0.6) is 0 Å². The highest BCUT2D eigenvalue weighted by molar-refractivity contribution is 7.92. The maximum atomic E-state index is 12.6. The maximum absolute atomic E-state index is 12.6. The molecule has 0 bridgehead atoms. The fourth-order valence-corrected chi connectivity index (χ4v) is 3.62. The number of carbonyl (C=O) groups excluding carboxylic acids is 1. The van der Waals surface area contributed by atoms with E-state index in [1.54, 1.807) is 31.2 Å². The molecule has 0 atom stereocenters. The van der Waals surface area contributed by atoms with Crippen molar-refractivity contribution in [1.29, 1.82) is 0 Å². The zero-order valence-corrected chi connectivity index (χ0v) is 15.8. The third-order valence-electron chi connectivity index (χ3n) is 3.58. The lowest BCUT2D eigenvalue weighted by Crippen LogP contribution is -2.23. The number of rotatable bonds is 6. The first-order valence-electron chi connectivity index (χ1n) is 7.92. The predicted octanol–water partition coefficient (Wildman–Crippen LogP) is 3.37. The van der Waals surface area contributed by atoms with Crippen LogP contribution in [-0.4, -0.2) is 19.5 Å². The van der Waals surface area contributed by atoms with Crippen molar-refractivity contribution in [2.75, 3.05) is 4.72 Å². The van der Waals surface area contributed by atoms with Crippen molar-refractivity contribution >= 4 is 33.2 Å². The molecule has 3 aromatic rings. The summed E-state index contributed by atoms with van der Waals surface area (Å²) in [6.45, 7) is 1.92. The number of halogens is 1. The zero-order chi connectivity index (χ0) is 19.4. The number of benzene rings is 2. The number of hydrogen-bond donors (Lipinski definition) is 2. The molecule has 1 heterocycles. The minimum absolute atomic E-state index is 0.0364. The molecule has 0 aliphatic carbocycles. The van der Waals surface area contributed by atoms with Crippen LogP contribution in [0.3, 0.4) is 0 Å². The lowest BCUT2D eigenvalue weighted by molar-refractivity contribution is 0.0947. The smallest absolute Gasteiger partial charge is 0.261 e. The molecule has 0 radical (unpaired) electrons. The first-order chi connectivity index (χ1) is 12.8. The number of amides is 1. The summed E-state index contributed by atoms with van der Waals surface area (Å²) in [5.41, 5.74) is 1.25. The summed E-state index contributed by atoms with van der Waals surface area (Å²) in [5, 5.41) is 6.80. The molecule has 27 heavy (non-hydrogen) atoms. The van der Waals surface area contributed by atoms with Crippen LogP contribution in [0.2, 0.25) is 5.02 Å². The van der Waals surface area contributed by atoms with Crippen LogP contribution in [-0.2, 0) is 16.6 Å². The van der Waals surface area contributed by atoms with Gasteiger partial charge in [0.2, 0.25) is 0 Å². The molecule has 3 rings (SSSR count). The molecular formula is C18H16ClN3O4S. The summed E-state index contributed by atoms with van der Waals surface area (Å²) < 4.78 is 32.6. The fourth-order valence-electron chi connectivity index (χ4n) is 2.34. The van der Waals surface area contributed by atoms with Crippen molar-refractivity contribution in [3.05, 3.63) is 76.6 Å². The third kappa shape index (κ3) is 4.87. The first kappa shape index (κ1) is 18.9. The van der Waals surface area contributed by atoms with Gasteiger partial charge in [-0.3, -0.25) is 9.52 Å². The highest BCUT2D eigenvalue weighted by Crippen LogP contribution is 2.20. The summed E-state index contributed by atoms with van der Waals surface area (Å²) in [5.74, 6) is 0.0797.